The van der Waals surface area contributed by atoms with E-state index < -0.39 is 12.1 Å². The summed E-state index contributed by atoms with van der Waals surface area (Å²) in [6.45, 7) is 1.13. The van der Waals surface area contributed by atoms with Crippen LogP contribution in [-0.4, -0.2) is 54.9 Å². The molecular formula is C4H9CaO3+. The molecule has 1 N–H and O–H groups in total. The Labute approximate surface area is 78.7 Å². The molecule has 8 heavy (non-hydrogen) atoms. The second kappa shape index (κ2) is 7.69. The van der Waals surface area contributed by atoms with Crippen LogP contribution < -0.4 is 5.11 Å². The van der Waals surface area contributed by atoms with E-state index in [-0.39, 0.29) is 45.2 Å². The first-order chi connectivity index (χ1) is 2.64. The molecule has 0 aromatic heterocycles. The molecule has 4 heteroatoms. The molecule has 0 saturated heterocycles. The minimum absolute atomic E-state index is 0. The number of hydrogen-bond acceptors (Lipinski definition) is 3. The number of carbonyl (C=O) groups excluding carboxylic acids is 1. The average Bonchev–Trinajstić information content (AvgIpc) is 1.36. The fraction of sp³-hybridized carbons (Fsp3) is 0.750. The molecular weight excluding hydrogens is 136 g/mol. The number of carboxylic acids is 1. The van der Waals surface area contributed by atoms with Crippen LogP contribution in [0.4, 0.5) is 0 Å². The van der Waals surface area contributed by atoms with Crippen LogP contribution in [0.5, 0.6) is 0 Å². The van der Waals surface area contributed by atoms with Crippen LogP contribution in [0, 0.1) is 0 Å². The van der Waals surface area contributed by atoms with E-state index in [1.807, 2.05) is 0 Å². The minimum Gasteiger partial charge on any atom is -0.547 e. The van der Waals surface area contributed by atoms with Crippen LogP contribution in [0.1, 0.15) is 14.4 Å². The van der Waals surface area contributed by atoms with E-state index in [1.165, 1.54) is 0 Å². The van der Waals surface area contributed by atoms with Crippen LogP contribution in [0.3, 0.4) is 0 Å². The second-order valence-electron chi connectivity index (χ2n) is 0.995. The summed E-state index contributed by atoms with van der Waals surface area (Å²) in [5.41, 5.74) is 0. The van der Waals surface area contributed by atoms with Gasteiger partial charge in [-0.3, -0.25) is 0 Å². The largest absolute Gasteiger partial charge is 2.00 e. The monoisotopic (exact) mass is 145 g/mol. The van der Waals surface area contributed by atoms with Gasteiger partial charge in [0.1, 0.15) is 0 Å². The van der Waals surface area contributed by atoms with Crippen molar-refractivity contribution < 1.29 is 15.0 Å². The Hall–Kier alpha value is 0.690. The number of aliphatic hydroxyl groups is 1. The molecule has 0 rings (SSSR count). The van der Waals surface area contributed by atoms with Crippen LogP contribution in [-0.2, 0) is 4.79 Å². The Morgan fingerprint density at radius 2 is 1.88 bits per heavy atom. The van der Waals surface area contributed by atoms with Crippen molar-refractivity contribution in [2.75, 3.05) is 0 Å². The zero-order valence-electron chi connectivity index (χ0n) is 4.05. The van der Waals surface area contributed by atoms with Crippen molar-refractivity contribution in [3.05, 3.63) is 0 Å². The number of carbonyl (C=O) groups is 1. The van der Waals surface area contributed by atoms with Crippen molar-refractivity contribution >= 4 is 43.7 Å². The molecule has 0 radical (unpaired) electrons. The maximum Gasteiger partial charge on any atom is 2.00 e. The third kappa shape index (κ3) is 9.85. The van der Waals surface area contributed by atoms with Gasteiger partial charge in [0.05, 0.1) is 12.1 Å². The summed E-state index contributed by atoms with van der Waals surface area (Å²) in [7, 11) is 0. The Bertz CT molecular complexity index is 62.3. The van der Waals surface area contributed by atoms with Gasteiger partial charge in [-0.15, -0.1) is 0 Å². The van der Waals surface area contributed by atoms with Gasteiger partial charge in [0.25, 0.3) is 0 Å². The number of hydrogen-bond donors (Lipinski definition) is 1. The van der Waals surface area contributed by atoms with Crippen molar-refractivity contribution in [1.29, 1.82) is 0 Å². The molecule has 0 aromatic rings. The van der Waals surface area contributed by atoms with Crippen molar-refractivity contribution in [3.63, 3.8) is 0 Å². The Morgan fingerprint density at radius 1 is 1.75 bits per heavy atom. The average molecular weight is 145 g/mol. The van der Waals surface area contributed by atoms with Gasteiger partial charge in [-0.2, -0.15) is 0 Å². The Kier molecular flexibility index (Phi) is 15.3. The van der Waals surface area contributed by atoms with Gasteiger partial charge in [-0.25, -0.2) is 0 Å². The molecule has 0 aromatic carbocycles. The number of rotatable bonds is 1. The molecule has 0 heterocycles. The van der Waals surface area contributed by atoms with E-state index in [4.69, 9.17) is 5.11 Å². The Balaban J connectivity index is -0.000000125. The summed E-state index contributed by atoms with van der Waals surface area (Å²) in [5, 5.41) is 17.3. The quantitative estimate of drug-likeness (QED) is 0.451. The number of carboxylic acid groups (broad SMARTS) is 1. The fourth-order valence-corrected chi connectivity index (χ4v) is 0. The first kappa shape index (κ1) is 15.9. The molecule has 0 fully saturated rings. The molecule has 0 aliphatic carbocycles. The van der Waals surface area contributed by atoms with E-state index in [1.54, 1.807) is 0 Å². The summed E-state index contributed by atoms with van der Waals surface area (Å²) in [4.78, 5) is 9.34. The molecule has 0 aliphatic heterocycles. The number of aliphatic carboxylic acids is 1. The standard InChI is InChI=1S/C3H6O3.CH4.Ca/c1-2(4)3(5)6;;/h2,4H,1H3,(H,5,6);1H4;/q;;+2/p-1. The van der Waals surface area contributed by atoms with Gasteiger partial charge in [0.15, 0.2) is 0 Å². The molecule has 0 bridgehead atoms. The Morgan fingerprint density at radius 3 is 1.88 bits per heavy atom. The van der Waals surface area contributed by atoms with Crippen LogP contribution in [0.15, 0.2) is 0 Å². The molecule has 1 unspecified atom stereocenters. The summed E-state index contributed by atoms with van der Waals surface area (Å²) >= 11 is 0. The van der Waals surface area contributed by atoms with Gasteiger partial charge in [-0.05, 0) is 6.92 Å². The third-order valence-corrected chi connectivity index (χ3v) is 0.341. The van der Waals surface area contributed by atoms with Crippen LogP contribution >= 0.6 is 0 Å². The van der Waals surface area contributed by atoms with Crippen molar-refractivity contribution in [3.8, 4) is 0 Å². The fourth-order valence-electron chi connectivity index (χ4n) is 0. The topological polar surface area (TPSA) is 60.4 Å². The molecule has 1 atom stereocenters. The molecule has 0 amide bonds. The third-order valence-electron chi connectivity index (χ3n) is 0.341. The number of aliphatic hydroxyl groups excluding tert-OH is 1. The van der Waals surface area contributed by atoms with E-state index in [0.29, 0.717) is 0 Å². The van der Waals surface area contributed by atoms with Gasteiger partial charge >= 0.3 is 37.7 Å². The smallest absolute Gasteiger partial charge is 0.547 e. The zero-order valence-corrected chi connectivity index (χ0v) is 6.26. The van der Waals surface area contributed by atoms with E-state index in [2.05, 4.69) is 0 Å². The van der Waals surface area contributed by atoms with Gasteiger partial charge in [-0.1, -0.05) is 7.43 Å². The molecule has 0 saturated carbocycles. The minimum atomic E-state index is -1.44. The molecule has 0 spiro atoms. The molecule has 0 aliphatic rings. The van der Waals surface area contributed by atoms with Gasteiger partial charge < -0.3 is 15.0 Å². The first-order valence-electron chi connectivity index (χ1n) is 1.53. The molecule has 44 valence electrons. The van der Waals surface area contributed by atoms with Gasteiger partial charge in [0.2, 0.25) is 0 Å². The summed E-state index contributed by atoms with van der Waals surface area (Å²) in [5.74, 6) is -1.44. The second-order valence-corrected chi connectivity index (χ2v) is 0.995. The van der Waals surface area contributed by atoms with E-state index in [0.717, 1.165) is 6.92 Å². The maximum atomic E-state index is 9.34. The normalized spacial score (nSPS) is 10.2. The van der Waals surface area contributed by atoms with Crippen molar-refractivity contribution in [1.82, 2.24) is 0 Å². The van der Waals surface area contributed by atoms with E-state index >= 15 is 0 Å². The van der Waals surface area contributed by atoms with Crippen LogP contribution in [0.25, 0.3) is 0 Å². The van der Waals surface area contributed by atoms with E-state index in [9.17, 15) is 9.90 Å². The SMILES string of the molecule is C.CC(O)C(=O)[O-].[Ca+2]. The van der Waals surface area contributed by atoms with Crippen molar-refractivity contribution in [2.24, 2.45) is 0 Å². The first-order valence-corrected chi connectivity index (χ1v) is 1.53. The maximum absolute atomic E-state index is 9.34. The predicted molar refractivity (Wildman–Crippen MR) is 29.2 cm³/mol. The molecule has 3 nitrogen and oxygen atoms in total. The summed E-state index contributed by atoms with van der Waals surface area (Å²) in [6, 6.07) is 0. The van der Waals surface area contributed by atoms with Crippen LogP contribution in [0.2, 0.25) is 0 Å². The summed E-state index contributed by atoms with van der Waals surface area (Å²) < 4.78 is 0. The zero-order chi connectivity index (χ0) is 5.15. The predicted octanol–water partition coefficient (Wildman–Crippen LogP) is -1.63. The van der Waals surface area contributed by atoms with Crippen molar-refractivity contribution in [2.45, 2.75) is 20.5 Å². The summed E-state index contributed by atoms with van der Waals surface area (Å²) in [6.07, 6.45) is -1.34. The van der Waals surface area contributed by atoms with Gasteiger partial charge in [0, 0.05) is 0 Å².